The van der Waals surface area contributed by atoms with Crippen molar-refractivity contribution >= 4 is 23.1 Å². The van der Waals surface area contributed by atoms with Crippen LogP contribution in [0.25, 0.3) is 5.65 Å². The Hall–Kier alpha value is -2.67. The average Bonchev–Trinajstić information content (AvgIpc) is 2.99. The number of aromatic nitrogens is 4. The molecule has 1 fully saturated rings. The van der Waals surface area contributed by atoms with E-state index in [9.17, 15) is 5.11 Å². The van der Waals surface area contributed by atoms with Gasteiger partial charge in [0, 0.05) is 23.1 Å². The summed E-state index contributed by atoms with van der Waals surface area (Å²) in [6, 6.07) is 10.2. The third-order valence-electron chi connectivity index (χ3n) is 4.75. The van der Waals surface area contributed by atoms with Crippen LogP contribution in [0.2, 0.25) is 0 Å². The van der Waals surface area contributed by atoms with Crippen molar-refractivity contribution in [3.05, 3.63) is 41.7 Å². The molecule has 3 heterocycles. The number of pyridine rings is 2. The van der Waals surface area contributed by atoms with Gasteiger partial charge in [0.2, 0.25) is 5.95 Å². The molecular formula is C19H24N6O. The smallest absolute Gasteiger partial charge is 0.247 e. The molecule has 3 aromatic heterocycles. The Labute approximate surface area is 152 Å². The van der Waals surface area contributed by atoms with E-state index in [0.717, 1.165) is 54.2 Å². The lowest BCUT2D eigenvalue weighted by atomic mass is 9.93. The molecule has 4 rings (SSSR count). The number of anilines is 3. The van der Waals surface area contributed by atoms with Crippen LogP contribution in [-0.4, -0.2) is 36.8 Å². The first-order valence-corrected chi connectivity index (χ1v) is 9.09. The number of rotatable bonds is 4. The van der Waals surface area contributed by atoms with Crippen molar-refractivity contribution < 1.29 is 5.11 Å². The maximum atomic E-state index is 9.68. The van der Waals surface area contributed by atoms with Crippen molar-refractivity contribution in [3.63, 3.8) is 0 Å². The summed E-state index contributed by atoms with van der Waals surface area (Å²) in [4.78, 5) is 8.96. The van der Waals surface area contributed by atoms with Crippen molar-refractivity contribution in [3.8, 4) is 0 Å². The van der Waals surface area contributed by atoms with Gasteiger partial charge in [-0.3, -0.25) is 4.98 Å². The topological polar surface area (TPSA) is 87.4 Å². The van der Waals surface area contributed by atoms with Crippen LogP contribution >= 0.6 is 0 Å². The molecule has 0 saturated heterocycles. The van der Waals surface area contributed by atoms with Gasteiger partial charge in [-0.15, -0.1) is 5.10 Å². The largest absolute Gasteiger partial charge is 0.393 e. The van der Waals surface area contributed by atoms with E-state index in [2.05, 4.69) is 25.7 Å². The Bertz CT molecular complexity index is 893. The summed E-state index contributed by atoms with van der Waals surface area (Å²) in [6.07, 6.45) is 3.47. The fraction of sp³-hybridized carbons (Fsp3) is 0.421. The zero-order valence-corrected chi connectivity index (χ0v) is 15.1. The summed E-state index contributed by atoms with van der Waals surface area (Å²) in [5.74, 6) is 1.48. The van der Waals surface area contributed by atoms with Crippen LogP contribution in [0.1, 0.15) is 37.1 Å². The Morgan fingerprint density at radius 1 is 1.04 bits per heavy atom. The average molecular weight is 352 g/mol. The molecule has 0 bridgehead atoms. The highest BCUT2D eigenvalue weighted by Gasteiger charge is 2.20. The molecule has 1 aliphatic carbocycles. The molecular weight excluding hydrogens is 328 g/mol. The number of hydrogen-bond acceptors (Lipinski definition) is 6. The maximum absolute atomic E-state index is 9.68. The van der Waals surface area contributed by atoms with E-state index in [4.69, 9.17) is 0 Å². The maximum Gasteiger partial charge on any atom is 0.247 e. The molecule has 0 aromatic carbocycles. The number of aliphatic hydroxyl groups is 1. The molecule has 3 N–H and O–H groups in total. The minimum atomic E-state index is -0.154. The van der Waals surface area contributed by atoms with Gasteiger partial charge in [0.15, 0.2) is 5.65 Å². The molecule has 0 amide bonds. The third-order valence-corrected chi connectivity index (χ3v) is 4.75. The van der Waals surface area contributed by atoms with Gasteiger partial charge in [-0.25, -0.2) is 0 Å². The van der Waals surface area contributed by atoms with Crippen LogP contribution in [0.5, 0.6) is 0 Å². The summed E-state index contributed by atoms with van der Waals surface area (Å²) in [7, 11) is 0. The van der Waals surface area contributed by atoms with Gasteiger partial charge in [-0.05, 0) is 63.8 Å². The fourth-order valence-corrected chi connectivity index (χ4v) is 3.53. The van der Waals surface area contributed by atoms with E-state index in [1.807, 2.05) is 48.7 Å². The van der Waals surface area contributed by atoms with Crippen molar-refractivity contribution in [1.29, 1.82) is 0 Å². The van der Waals surface area contributed by atoms with Gasteiger partial charge in [0.1, 0.15) is 5.82 Å². The summed E-state index contributed by atoms with van der Waals surface area (Å²) in [5, 5.41) is 21.1. The quantitative estimate of drug-likeness (QED) is 0.668. The van der Waals surface area contributed by atoms with Gasteiger partial charge in [0.25, 0.3) is 0 Å². The lowest BCUT2D eigenvalue weighted by Gasteiger charge is -2.26. The molecule has 1 aliphatic rings. The highest BCUT2D eigenvalue weighted by Crippen LogP contribution is 2.23. The molecule has 136 valence electrons. The number of hydrogen-bond donors (Lipinski definition) is 3. The van der Waals surface area contributed by atoms with E-state index in [-0.39, 0.29) is 6.10 Å². The number of fused-ring (bicyclic) bond motifs is 1. The monoisotopic (exact) mass is 352 g/mol. The molecule has 7 heteroatoms. The first-order valence-electron chi connectivity index (χ1n) is 9.09. The third kappa shape index (κ3) is 3.62. The summed E-state index contributed by atoms with van der Waals surface area (Å²) >= 11 is 0. The zero-order valence-electron chi connectivity index (χ0n) is 15.1. The fourth-order valence-electron chi connectivity index (χ4n) is 3.53. The Balaban J connectivity index is 1.57. The molecule has 7 nitrogen and oxygen atoms in total. The second-order valence-electron chi connectivity index (χ2n) is 7.03. The number of aryl methyl sites for hydroxylation is 2. The summed E-state index contributed by atoms with van der Waals surface area (Å²) in [5.41, 5.74) is 3.63. The SMILES string of the molecule is Cc1cc(Nc2nc3cccc(NC4CCC(O)CC4)n3n2)cc(C)n1. The number of aliphatic hydroxyl groups excluding tert-OH is 1. The second kappa shape index (κ2) is 6.92. The predicted octanol–water partition coefficient (Wildman–Crippen LogP) is 3.20. The normalized spacial score (nSPS) is 20.3. The molecule has 1 saturated carbocycles. The summed E-state index contributed by atoms with van der Waals surface area (Å²) < 4.78 is 1.83. The molecule has 0 aliphatic heterocycles. The zero-order chi connectivity index (χ0) is 18.1. The van der Waals surface area contributed by atoms with Crippen LogP contribution in [-0.2, 0) is 0 Å². The lowest BCUT2D eigenvalue weighted by molar-refractivity contribution is 0.126. The van der Waals surface area contributed by atoms with E-state index in [1.54, 1.807) is 0 Å². The highest BCUT2D eigenvalue weighted by molar-refractivity contribution is 5.58. The Morgan fingerprint density at radius 3 is 2.50 bits per heavy atom. The standard InChI is InChI=1S/C19H24N6O/c1-12-10-15(11-13(2)20-12)22-19-23-18-5-3-4-17(25(18)24-19)21-14-6-8-16(26)9-7-14/h3-5,10-11,14,16,21,26H,6-9H2,1-2H3,(H,20,22,24). The molecule has 0 atom stereocenters. The van der Waals surface area contributed by atoms with Gasteiger partial charge in [0.05, 0.1) is 6.10 Å². The Kier molecular flexibility index (Phi) is 4.46. The number of nitrogens with zero attached hydrogens (tertiary/aromatic N) is 4. The van der Waals surface area contributed by atoms with E-state index in [1.165, 1.54) is 0 Å². The van der Waals surface area contributed by atoms with E-state index >= 15 is 0 Å². The molecule has 26 heavy (non-hydrogen) atoms. The minimum Gasteiger partial charge on any atom is -0.393 e. The first kappa shape index (κ1) is 16.8. The lowest BCUT2D eigenvalue weighted by Crippen LogP contribution is -2.29. The van der Waals surface area contributed by atoms with Crippen molar-refractivity contribution in [1.82, 2.24) is 19.6 Å². The molecule has 0 radical (unpaired) electrons. The van der Waals surface area contributed by atoms with Crippen LogP contribution in [0.4, 0.5) is 17.5 Å². The first-order chi connectivity index (χ1) is 12.6. The van der Waals surface area contributed by atoms with Crippen molar-refractivity contribution in [2.24, 2.45) is 0 Å². The summed E-state index contributed by atoms with van der Waals surface area (Å²) in [6.45, 7) is 3.94. The van der Waals surface area contributed by atoms with Crippen LogP contribution in [0.15, 0.2) is 30.3 Å². The second-order valence-corrected chi connectivity index (χ2v) is 7.03. The van der Waals surface area contributed by atoms with Gasteiger partial charge < -0.3 is 15.7 Å². The van der Waals surface area contributed by atoms with Crippen LogP contribution in [0.3, 0.4) is 0 Å². The van der Waals surface area contributed by atoms with Crippen molar-refractivity contribution in [2.45, 2.75) is 51.7 Å². The predicted molar refractivity (Wildman–Crippen MR) is 102 cm³/mol. The van der Waals surface area contributed by atoms with Gasteiger partial charge in [-0.1, -0.05) is 6.07 Å². The van der Waals surface area contributed by atoms with Gasteiger partial charge in [-0.2, -0.15) is 9.50 Å². The number of nitrogens with one attached hydrogen (secondary N) is 2. The Morgan fingerprint density at radius 2 is 1.77 bits per heavy atom. The molecule has 0 spiro atoms. The molecule has 3 aromatic rings. The van der Waals surface area contributed by atoms with E-state index < -0.39 is 0 Å². The van der Waals surface area contributed by atoms with Crippen LogP contribution in [0, 0.1) is 13.8 Å². The van der Waals surface area contributed by atoms with E-state index in [0.29, 0.717) is 12.0 Å². The van der Waals surface area contributed by atoms with Crippen molar-refractivity contribution in [2.75, 3.05) is 10.6 Å². The van der Waals surface area contributed by atoms with Crippen LogP contribution < -0.4 is 10.6 Å². The highest BCUT2D eigenvalue weighted by atomic mass is 16.3. The van der Waals surface area contributed by atoms with Gasteiger partial charge >= 0.3 is 0 Å². The molecule has 0 unspecified atom stereocenters. The minimum absolute atomic E-state index is 0.154.